The summed E-state index contributed by atoms with van der Waals surface area (Å²) in [4.78, 5) is 11.8. The first-order chi connectivity index (χ1) is 8.05. The summed E-state index contributed by atoms with van der Waals surface area (Å²) in [6, 6.07) is 7.64. The second-order valence-corrected chi connectivity index (χ2v) is 4.61. The average molecular weight is 234 g/mol. The molecular formula is C13H18N2O2. The van der Waals surface area contributed by atoms with Crippen molar-refractivity contribution in [1.29, 1.82) is 0 Å². The van der Waals surface area contributed by atoms with Gasteiger partial charge in [0.25, 0.3) is 0 Å². The number of carbonyl (C=O) groups excluding carboxylic acids is 1. The van der Waals surface area contributed by atoms with Gasteiger partial charge < -0.3 is 15.8 Å². The zero-order valence-electron chi connectivity index (χ0n) is 10.2. The van der Waals surface area contributed by atoms with E-state index < -0.39 is 5.54 Å². The third-order valence-corrected chi connectivity index (χ3v) is 3.21. The van der Waals surface area contributed by atoms with Crippen LogP contribution in [0, 0.1) is 0 Å². The van der Waals surface area contributed by atoms with Gasteiger partial charge in [0.05, 0.1) is 11.6 Å². The zero-order chi connectivity index (χ0) is 12.5. The summed E-state index contributed by atoms with van der Waals surface area (Å²) in [5.41, 5.74) is 7.00. The molecule has 0 heterocycles. The Morgan fingerprint density at radius 1 is 1.53 bits per heavy atom. The highest BCUT2D eigenvalue weighted by Gasteiger charge is 2.45. The molecule has 0 aliphatic heterocycles. The molecule has 1 aromatic carbocycles. The van der Waals surface area contributed by atoms with Gasteiger partial charge in [0.15, 0.2) is 0 Å². The Bertz CT molecular complexity index is 427. The van der Waals surface area contributed by atoms with E-state index in [9.17, 15) is 4.79 Å². The fourth-order valence-corrected chi connectivity index (χ4v) is 1.62. The Morgan fingerprint density at radius 3 is 2.82 bits per heavy atom. The zero-order valence-corrected chi connectivity index (χ0v) is 10.2. The van der Waals surface area contributed by atoms with Gasteiger partial charge in [0, 0.05) is 12.8 Å². The fraction of sp³-hybridized carbons (Fsp3) is 0.462. The molecule has 92 valence electrons. The second kappa shape index (κ2) is 4.47. The smallest absolute Gasteiger partial charge is 0.244 e. The number of carbonyl (C=O) groups is 1. The molecule has 1 aromatic rings. The quantitative estimate of drug-likeness (QED) is 0.835. The van der Waals surface area contributed by atoms with Crippen LogP contribution in [0.1, 0.15) is 31.4 Å². The van der Waals surface area contributed by atoms with Gasteiger partial charge in [0.1, 0.15) is 0 Å². The molecule has 0 saturated heterocycles. The molecule has 1 unspecified atom stereocenters. The highest BCUT2D eigenvalue weighted by Crippen LogP contribution is 2.33. The van der Waals surface area contributed by atoms with E-state index in [1.54, 1.807) is 7.11 Å². The molecule has 0 bridgehead atoms. The van der Waals surface area contributed by atoms with Crippen molar-refractivity contribution >= 4 is 11.6 Å². The molecule has 1 atom stereocenters. The van der Waals surface area contributed by atoms with Gasteiger partial charge in [-0.05, 0) is 37.5 Å². The first-order valence-electron chi connectivity index (χ1n) is 5.78. The maximum absolute atomic E-state index is 11.8. The van der Waals surface area contributed by atoms with E-state index in [0.29, 0.717) is 0 Å². The van der Waals surface area contributed by atoms with E-state index >= 15 is 0 Å². The van der Waals surface area contributed by atoms with Crippen LogP contribution in [0.3, 0.4) is 0 Å². The van der Waals surface area contributed by atoms with Gasteiger partial charge >= 0.3 is 0 Å². The van der Waals surface area contributed by atoms with E-state index in [1.807, 2.05) is 31.2 Å². The minimum Gasteiger partial charge on any atom is -0.377 e. The molecule has 1 aliphatic carbocycles. The van der Waals surface area contributed by atoms with E-state index in [0.717, 1.165) is 24.1 Å². The summed E-state index contributed by atoms with van der Waals surface area (Å²) in [7, 11) is 1.66. The van der Waals surface area contributed by atoms with Crippen molar-refractivity contribution in [3.63, 3.8) is 0 Å². The Balaban J connectivity index is 2.08. The first-order valence-corrected chi connectivity index (χ1v) is 5.78. The highest BCUT2D eigenvalue weighted by atomic mass is 16.5. The molecule has 1 aliphatic rings. The molecule has 1 amide bonds. The number of ether oxygens (including phenoxy) is 1. The van der Waals surface area contributed by atoms with Crippen molar-refractivity contribution in [2.75, 3.05) is 12.4 Å². The van der Waals surface area contributed by atoms with Crippen LogP contribution in [0.15, 0.2) is 24.3 Å². The number of nitrogens with one attached hydrogen (secondary N) is 1. The Kier molecular flexibility index (Phi) is 3.17. The molecule has 4 nitrogen and oxygen atoms in total. The van der Waals surface area contributed by atoms with Crippen molar-refractivity contribution < 1.29 is 9.53 Å². The van der Waals surface area contributed by atoms with Gasteiger partial charge in [-0.15, -0.1) is 0 Å². The minimum absolute atomic E-state index is 0.0135. The number of amides is 1. The van der Waals surface area contributed by atoms with E-state index in [4.69, 9.17) is 10.5 Å². The van der Waals surface area contributed by atoms with E-state index in [2.05, 4.69) is 5.32 Å². The molecule has 4 heteroatoms. The van der Waals surface area contributed by atoms with Crippen LogP contribution < -0.4 is 11.1 Å². The largest absolute Gasteiger partial charge is 0.377 e. The summed E-state index contributed by atoms with van der Waals surface area (Å²) in [5.74, 6) is -0.0975. The van der Waals surface area contributed by atoms with Crippen LogP contribution in [-0.4, -0.2) is 18.6 Å². The third kappa shape index (κ3) is 2.65. The molecular weight excluding hydrogens is 216 g/mol. The summed E-state index contributed by atoms with van der Waals surface area (Å²) in [6.45, 7) is 1.96. The van der Waals surface area contributed by atoms with Gasteiger partial charge in [-0.3, -0.25) is 4.79 Å². The SMILES string of the molecule is COC(C)c1cccc(NC(=O)C2(N)CC2)c1. The van der Waals surface area contributed by atoms with Gasteiger partial charge in [-0.25, -0.2) is 0 Å². The van der Waals surface area contributed by atoms with Crippen LogP contribution in [0.25, 0.3) is 0 Å². The molecule has 2 rings (SSSR count). The number of rotatable bonds is 4. The predicted molar refractivity (Wildman–Crippen MR) is 66.6 cm³/mol. The number of anilines is 1. The number of methoxy groups -OCH3 is 1. The molecule has 1 saturated carbocycles. The highest BCUT2D eigenvalue weighted by molar-refractivity contribution is 6.00. The van der Waals surface area contributed by atoms with E-state index in [-0.39, 0.29) is 12.0 Å². The summed E-state index contributed by atoms with van der Waals surface area (Å²) in [6.07, 6.45) is 1.56. The maximum atomic E-state index is 11.8. The van der Waals surface area contributed by atoms with Gasteiger partial charge in [-0.1, -0.05) is 12.1 Å². The normalized spacial score (nSPS) is 18.5. The summed E-state index contributed by atoms with van der Waals surface area (Å²) in [5, 5.41) is 2.84. The third-order valence-electron chi connectivity index (χ3n) is 3.21. The van der Waals surface area contributed by atoms with Crippen LogP contribution in [0.4, 0.5) is 5.69 Å². The molecule has 3 N–H and O–H groups in total. The Hall–Kier alpha value is -1.39. The average Bonchev–Trinajstić information content (AvgIpc) is 3.08. The van der Waals surface area contributed by atoms with Crippen LogP contribution in [0.5, 0.6) is 0 Å². The monoisotopic (exact) mass is 234 g/mol. The standard InChI is InChI=1S/C13H18N2O2/c1-9(17-2)10-4-3-5-11(8-10)15-12(16)13(14)6-7-13/h3-5,8-9H,6-7,14H2,1-2H3,(H,15,16). The van der Waals surface area contributed by atoms with Crippen LogP contribution in [0.2, 0.25) is 0 Å². The van der Waals surface area contributed by atoms with Gasteiger partial charge in [-0.2, -0.15) is 0 Å². The lowest BCUT2D eigenvalue weighted by Crippen LogP contribution is -2.37. The minimum atomic E-state index is -0.636. The lowest BCUT2D eigenvalue weighted by Gasteiger charge is -2.13. The lowest BCUT2D eigenvalue weighted by atomic mass is 10.1. The van der Waals surface area contributed by atoms with E-state index in [1.165, 1.54) is 0 Å². The topological polar surface area (TPSA) is 64.3 Å². The van der Waals surface area contributed by atoms with Crippen molar-refractivity contribution in [2.45, 2.75) is 31.4 Å². The van der Waals surface area contributed by atoms with Crippen molar-refractivity contribution in [1.82, 2.24) is 0 Å². The number of hydrogen-bond acceptors (Lipinski definition) is 3. The van der Waals surface area contributed by atoms with Crippen LogP contribution >= 0.6 is 0 Å². The number of benzene rings is 1. The van der Waals surface area contributed by atoms with Crippen molar-refractivity contribution in [3.8, 4) is 0 Å². The molecule has 17 heavy (non-hydrogen) atoms. The lowest BCUT2D eigenvalue weighted by molar-refractivity contribution is -0.118. The Labute approximate surface area is 101 Å². The Morgan fingerprint density at radius 2 is 2.24 bits per heavy atom. The predicted octanol–water partition coefficient (Wildman–Crippen LogP) is 1.82. The molecule has 1 fully saturated rings. The first kappa shape index (κ1) is 12.1. The number of hydrogen-bond donors (Lipinski definition) is 2. The van der Waals surface area contributed by atoms with Gasteiger partial charge in [0.2, 0.25) is 5.91 Å². The molecule has 0 radical (unpaired) electrons. The second-order valence-electron chi connectivity index (χ2n) is 4.61. The number of nitrogens with two attached hydrogens (primary N) is 1. The molecule has 0 spiro atoms. The summed E-state index contributed by atoms with van der Waals surface area (Å²) < 4.78 is 5.24. The summed E-state index contributed by atoms with van der Waals surface area (Å²) >= 11 is 0. The van der Waals surface area contributed by atoms with Crippen molar-refractivity contribution in [2.24, 2.45) is 5.73 Å². The van der Waals surface area contributed by atoms with Crippen LogP contribution in [-0.2, 0) is 9.53 Å². The molecule has 0 aromatic heterocycles. The fourth-order valence-electron chi connectivity index (χ4n) is 1.62. The van der Waals surface area contributed by atoms with Crippen molar-refractivity contribution in [3.05, 3.63) is 29.8 Å². The maximum Gasteiger partial charge on any atom is 0.244 e.